The van der Waals surface area contributed by atoms with Crippen LogP contribution in [0.5, 0.6) is 0 Å². The molecule has 1 aliphatic heterocycles. The zero-order chi connectivity index (χ0) is 13.2. The van der Waals surface area contributed by atoms with E-state index in [-0.39, 0.29) is 11.1 Å². The topological polar surface area (TPSA) is 49.3 Å². The zero-order valence-electron chi connectivity index (χ0n) is 10.1. The van der Waals surface area contributed by atoms with Gasteiger partial charge in [-0.15, -0.1) is 0 Å². The summed E-state index contributed by atoms with van der Waals surface area (Å²) in [5.41, 5.74) is -0.483. The van der Waals surface area contributed by atoms with E-state index in [1.54, 1.807) is 23.9 Å². The number of carboxylic acid groups (broad SMARTS) is 1. The number of carbonyl (C=O) groups is 1. The first kappa shape index (κ1) is 13.2. The molecule has 2 unspecified atom stereocenters. The maximum Gasteiger partial charge on any atom is 0.330 e. The van der Waals surface area contributed by atoms with Crippen molar-refractivity contribution in [1.82, 2.24) is 0 Å². The Kier molecular flexibility index (Phi) is 3.80. The van der Waals surface area contributed by atoms with Gasteiger partial charge in [0.2, 0.25) is 0 Å². The Balaban J connectivity index is 2.28. The highest BCUT2D eigenvalue weighted by Crippen LogP contribution is 2.37. The highest BCUT2D eigenvalue weighted by Gasteiger charge is 2.45. The van der Waals surface area contributed by atoms with Crippen LogP contribution >= 0.6 is 11.8 Å². The van der Waals surface area contributed by atoms with Crippen LogP contribution in [0.1, 0.15) is 19.8 Å². The Morgan fingerprint density at radius 2 is 2.39 bits per heavy atom. The maximum atomic E-state index is 13.2. The van der Waals surface area contributed by atoms with Crippen molar-refractivity contribution in [2.75, 3.05) is 11.1 Å². The van der Waals surface area contributed by atoms with E-state index in [1.807, 2.05) is 6.92 Å². The van der Waals surface area contributed by atoms with E-state index in [4.69, 9.17) is 0 Å². The first-order chi connectivity index (χ1) is 8.54. The van der Waals surface area contributed by atoms with Crippen molar-refractivity contribution in [3.63, 3.8) is 0 Å². The lowest BCUT2D eigenvalue weighted by Crippen LogP contribution is -2.55. The van der Waals surface area contributed by atoms with Crippen molar-refractivity contribution < 1.29 is 14.3 Å². The second-order valence-electron chi connectivity index (χ2n) is 4.53. The maximum absolute atomic E-state index is 13.2. The van der Waals surface area contributed by atoms with Crippen molar-refractivity contribution in [2.45, 2.75) is 30.6 Å². The molecule has 1 aliphatic rings. The number of hydrogen-bond donors (Lipinski definition) is 2. The molecule has 1 saturated heterocycles. The molecular formula is C13H16FNO2S. The molecule has 2 N–H and O–H groups in total. The quantitative estimate of drug-likeness (QED) is 0.885. The molecule has 5 heteroatoms. The number of thioether (sulfide) groups is 1. The van der Waals surface area contributed by atoms with Gasteiger partial charge in [-0.05, 0) is 36.8 Å². The molecule has 0 bridgehead atoms. The number of carboxylic acids is 1. The number of hydrogen-bond acceptors (Lipinski definition) is 3. The van der Waals surface area contributed by atoms with Crippen LogP contribution in [0.2, 0.25) is 0 Å². The van der Waals surface area contributed by atoms with Crippen LogP contribution in [-0.4, -0.2) is 27.6 Å². The molecule has 0 spiro atoms. The van der Waals surface area contributed by atoms with Crippen molar-refractivity contribution in [1.29, 1.82) is 0 Å². The van der Waals surface area contributed by atoms with E-state index in [0.29, 0.717) is 12.1 Å². The molecule has 0 aliphatic carbocycles. The molecule has 1 aromatic rings. The van der Waals surface area contributed by atoms with Gasteiger partial charge in [-0.25, -0.2) is 9.18 Å². The van der Waals surface area contributed by atoms with Gasteiger partial charge in [0.1, 0.15) is 11.4 Å². The summed E-state index contributed by atoms with van der Waals surface area (Å²) in [4.78, 5) is 11.6. The van der Waals surface area contributed by atoms with Gasteiger partial charge in [-0.2, -0.15) is 11.8 Å². The number of nitrogens with one attached hydrogen (secondary N) is 1. The molecule has 0 aromatic heterocycles. The smallest absolute Gasteiger partial charge is 0.330 e. The van der Waals surface area contributed by atoms with Gasteiger partial charge in [0, 0.05) is 10.9 Å². The molecule has 98 valence electrons. The van der Waals surface area contributed by atoms with Crippen molar-refractivity contribution in [2.24, 2.45) is 0 Å². The summed E-state index contributed by atoms with van der Waals surface area (Å²) in [5, 5.41) is 12.5. The third-order valence-corrected chi connectivity index (χ3v) is 4.78. The van der Waals surface area contributed by atoms with Crippen LogP contribution in [0, 0.1) is 5.82 Å². The fourth-order valence-electron chi connectivity index (χ4n) is 2.28. The lowest BCUT2D eigenvalue weighted by Gasteiger charge is -2.39. The fourth-order valence-corrected chi connectivity index (χ4v) is 3.51. The van der Waals surface area contributed by atoms with E-state index < -0.39 is 11.5 Å². The zero-order valence-corrected chi connectivity index (χ0v) is 11.0. The van der Waals surface area contributed by atoms with Crippen LogP contribution in [0.3, 0.4) is 0 Å². The highest BCUT2D eigenvalue weighted by molar-refractivity contribution is 8.00. The van der Waals surface area contributed by atoms with Gasteiger partial charge in [0.15, 0.2) is 0 Å². The first-order valence-electron chi connectivity index (χ1n) is 5.93. The molecule has 3 nitrogen and oxygen atoms in total. The number of rotatable bonds is 3. The van der Waals surface area contributed by atoms with E-state index in [0.717, 1.165) is 12.2 Å². The predicted molar refractivity (Wildman–Crippen MR) is 71.5 cm³/mol. The molecular weight excluding hydrogens is 253 g/mol. The Morgan fingerprint density at radius 3 is 3.00 bits per heavy atom. The lowest BCUT2D eigenvalue weighted by atomic mass is 9.89. The molecule has 1 aromatic carbocycles. The van der Waals surface area contributed by atoms with E-state index in [1.165, 1.54) is 12.1 Å². The standard InChI is InChI=1S/C13H16FNO2S/c1-9-13(12(16)17,6-3-7-18-9)15-11-5-2-4-10(14)8-11/h2,4-5,8-9,15H,3,6-7H2,1H3,(H,16,17). The minimum atomic E-state index is -1.00. The second-order valence-corrected chi connectivity index (χ2v) is 5.98. The van der Waals surface area contributed by atoms with Crippen LogP contribution in [-0.2, 0) is 4.79 Å². The third-order valence-electron chi connectivity index (χ3n) is 3.35. The van der Waals surface area contributed by atoms with E-state index >= 15 is 0 Å². The summed E-state index contributed by atoms with van der Waals surface area (Å²) < 4.78 is 13.2. The van der Waals surface area contributed by atoms with Gasteiger partial charge in [-0.1, -0.05) is 13.0 Å². The average Bonchev–Trinajstić information content (AvgIpc) is 2.32. The van der Waals surface area contributed by atoms with Crippen molar-refractivity contribution >= 4 is 23.4 Å². The number of aliphatic carboxylic acids is 1. The number of halogens is 1. The fraction of sp³-hybridized carbons (Fsp3) is 0.462. The Morgan fingerprint density at radius 1 is 1.61 bits per heavy atom. The summed E-state index contributed by atoms with van der Waals surface area (Å²) in [7, 11) is 0. The summed E-state index contributed by atoms with van der Waals surface area (Å²) in [5.74, 6) is -0.260. The molecule has 18 heavy (non-hydrogen) atoms. The van der Waals surface area contributed by atoms with Gasteiger partial charge in [-0.3, -0.25) is 0 Å². The molecule has 2 rings (SSSR count). The van der Waals surface area contributed by atoms with Crippen LogP contribution < -0.4 is 5.32 Å². The molecule has 0 amide bonds. The van der Waals surface area contributed by atoms with Crippen LogP contribution in [0.25, 0.3) is 0 Å². The summed E-state index contributed by atoms with van der Waals surface area (Å²) >= 11 is 1.64. The average molecular weight is 269 g/mol. The van der Waals surface area contributed by atoms with Crippen LogP contribution in [0.4, 0.5) is 10.1 Å². The van der Waals surface area contributed by atoms with Crippen molar-refractivity contribution in [3.8, 4) is 0 Å². The van der Waals surface area contributed by atoms with Crippen LogP contribution in [0.15, 0.2) is 24.3 Å². The van der Waals surface area contributed by atoms with Gasteiger partial charge < -0.3 is 10.4 Å². The van der Waals surface area contributed by atoms with E-state index in [2.05, 4.69) is 5.32 Å². The molecule has 0 saturated carbocycles. The third kappa shape index (κ3) is 2.46. The lowest BCUT2D eigenvalue weighted by molar-refractivity contribution is -0.142. The number of anilines is 1. The SMILES string of the molecule is CC1SCCCC1(Nc1cccc(F)c1)C(=O)O. The summed E-state index contributed by atoms with van der Waals surface area (Å²) in [6.45, 7) is 1.91. The monoisotopic (exact) mass is 269 g/mol. The largest absolute Gasteiger partial charge is 0.479 e. The number of benzene rings is 1. The molecule has 1 heterocycles. The Labute approximate surface area is 110 Å². The van der Waals surface area contributed by atoms with Crippen molar-refractivity contribution in [3.05, 3.63) is 30.1 Å². The minimum absolute atomic E-state index is 0.0491. The van der Waals surface area contributed by atoms with E-state index in [9.17, 15) is 14.3 Å². The summed E-state index contributed by atoms with van der Waals surface area (Å²) in [6.07, 6.45) is 1.41. The highest BCUT2D eigenvalue weighted by atomic mass is 32.2. The first-order valence-corrected chi connectivity index (χ1v) is 6.98. The Bertz CT molecular complexity index is 454. The molecule has 2 atom stereocenters. The second kappa shape index (κ2) is 5.18. The van der Waals surface area contributed by atoms with Gasteiger partial charge in [0.25, 0.3) is 0 Å². The molecule has 1 fully saturated rings. The molecule has 0 radical (unpaired) electrons. The normalized spacial score (nSPS) is 27.8. The van der Waals surface area contributed by atoms with Gasteiger partial charge >= 0.3 is 5.97 Å². The summed E-state index contributed by atoms with van der Waals surface area (Å²) in [6, 6.07) is 5.95. The predicted octanol–water partition coefficient (Wildman–Crippen LogP) is 2.98. The minimum Gasteiger partial charge on any atom is -0.479 e. The van der Waals surface area contributed by atoms with Gasteiger partial charge in [0.05, 0.1) is 0 Å². The Hall–Kier alpha value is -1.23.